The number of nitrogens with zero attached hydrogens (tertiary/aromatic N) is 4. The summed E-state index contributed by atoms with van der Waals surface area (Å²) < 4.78 is 7.24. The van der Waals surface area contributed by atoms with Gasteiger partial charge in [-0.05, 0) is 24.1 Å². The molecule has 0 saturated heterocycles. The molecule has 1 unspecified atom stereocenters. The summed E-state index contributed by atoms with van der Waals surface area (Å²) in [6.07, 6.45) is 1.57. The van der Waals surface area contributed by atoms with E-state index < -0.39 is 6.10 Å². The van der Waals surface area contributed by atoms with Gasteiger partial charge in [-0.15, -0.1) is 5.10 Å². The van der Waals surface area contributed by atoms with Crippen LogP contribution in [0.1, 0.15) is 47.0 Å². The highest BCUT2D eigenvalue weighted by Gasteiger charge is 2.20. The van der Waals surface area contributed by atoms with E-state index >= 15 is 0 Å². The number of aliphatic hydroxyl groups excluding tert-OH is 2. The lowest BCUT2D eigenvalue weighted by molar-refractivity contribution is 0.0674. The lowest BCUT2D eigenvalue weighted by Crippen LogP contribution is -2.32. The van der Waals surface area contributed by atoms with Crippen LogP contribution in [0.5, 0.6) is 0 Å². The first-order chi connectivity index (χ1) is 13.6. The van der Waals surface area contributed by atoms with Gasteiger partial charge in [0.2, 0.25) is 0 Å². The van der Waals surface area contributed by atoms with Gasteiger partial charge in [-0.2, -0.15) is 0 Å². The molecule has 2 aromatic heterocycles. The molecule has 148 valence electrons. The standard InChI is InChI=1S/C20H24N4O4/c1-2-18(26)17-14-24(22-21-17)13-16-8-9-19(28-16)20(27)23(10-11-25)12-15-6-4-3-5-7-15/h3-9,14,18,25-26H,2,10-13H2,1H3. The molecule has 1 atom stereocenters. The maximum Gasteiger partial charge on any atom is 0.289 e. The smallest absolute Gasteiger partial charge is 0.289 e. The quantitative estimate of drug-likeness (QED) is 0.585. The molecule has 0 fully saturated rings. The molecule has 0 radical (unpaired) electrons. The zero-order chi connectivity index (χ0) is 19.9. The molecule has 0 aliphatic carbocycles. The monoisotopic (exact) mass is 384 g/mol. The Labute approximate surface area is 163 Å². The minimum atomic E-state index is -0.646. The highest BCUT2D eigenvalue weighted by atomic mass is 16.4. The van der Waals surface area contributed by atoms with E-state index in [1.807, 2.05) is 37.3 Å². The maximum absolute atomic E-state index is 12.8. The average Bonchev–Trinajstić information content (AvgIpc) is 3.37. The first kappa shape index (κ1) is 19.8. The predicted octanol–water partition coefficient (Wildman–Crippen LogP) is 2.00. The zero-order valence-electron chi connectivity index (χ0n) is 15.7. The molecule has 8 heteroatoms. The van der Waals surface area contributed by atoms with Crippen LogP contribution in [0.15, 0.2) is 53.1 Å². The fourth-order valence-corrected chi connectivity index (χ4v) is 2.82. The van der Waals surface area contributed by atoms with Gasteiger partial charge < -0.3 is 19.5 Å². The molecule has 8 nitrogen and oxygen atoms in total. The van der Waals surface area contributed by atoms with Crippen molar-refractivity contribution >= 4 is 5.91 Å². The first-order valence-corrected chi connectivity index (χ1v) is 9.21. The second-order valence-corrected chi connectivity index (χ2v) is 6.47. The van der Waals surface area contributed by atoms with Gasteiger partial charge in [0, 0.05) is 13.1 Å². The Hall–Kier alpha value is -2.97. The summed E-state index contributed by atoms with van der Waals surface area (Å²) in [7, 11) is 0. The lowest BCUT2D eigenvalue weighted by Gasteiger charge is -2.20. The van der Waals surface area contributed by atoms with Gasteiger partial charge in [-0.3, -0.25) is 4.79 Å². The van der Waals surface area contributed by atoms with Crippen molar-refractivity contribution in [3.8, 4) is 0 Å². The van der Waals surface area contributed by atoms with Crippen LogP contribution in [0.4, 0.5) is 0 Å². The van der Waals surface area contributed by atoms with Crippen LogP contribution < -0.4 is 0 Å². The van der Waals surface area contributed by atoms with Crippen molar-refractivity contribution in [1.82, 2.24) is 19.9 Å². The largest absolute Gasteiger partial charge is 0.454 e. The summed E-state index contributed by atoms with van der Waals surface area (Å²) in [6, 6.07) is 12.9. The fourth-order valence-electron chi connectivity index (χ4n) is 2.82. The second kappa shape index (κ2) is 9.29. The van der Waals surface area contributed by atoms with E-state index in [1.165, 1.54) is 0 Å². The van der Waals surface area contributed by atoms with Crippen LogP contribution in [0.2, 0.25) is 0 Å². The predicted molar refractivity (Wildman–Crippen MR) is 101 cm³/mol. The van der Waals surface area contributed by atoms with Gasteiger partial charge >= 0.3 is 0 Å². The van der Waals surface area contributed by atoms with Crippen LogP contribution in [0.3, 0.4) is 0 Å². The number of hydrogen-bond acceptors (Lipinski definition) is 6. The molecule has 1 aromatic carbocycles. The molecule has 0 spiro atoms. The van der Waals surface area contributed by atoms with E-state index in [9.17, 15) is 15.0 Å². The Morgan fingerprint density at radius 1 is 1.25 bits per heavy atom. The lowest BCUT2D eigenvalue weighted by atomic mass is 10.2. The van der Waals surface area contributed by atoms with E-state index in [0.717, 1.165) is 5.56 Å². The fraction of sp³-hybridized carbons (Fsp3) is 0.350. The molecule has 1 amide bonds. The number of hydrogen-bond donors (Lipinski definition) is 2. The Morgan fingerprint density at radius 2 is 2.04 bits per heavy atom. The summed E-state index contributed by atoms with van der Waals surface area (Å²) in [4.78, 5) is 14.3. The number of furan rings is 1. The summed E-state index contributed by atoms with van der Waals surface area (Å²) in [5, 5.41) is 27.0. The van der Waals surface area contributed by atoms with Crippen LogP contribution in [-0.2, 0) is 13.1 Å². The number of aromatic nitrogens is 3. The summed E-state index contributed by atoms with van der Waals surface area (Å²) in [6.45, 7) is 2.63. The Balaban J connectivity index is 1.68. The minimum absolute atomic E-state index is 0.131. The molecule has 0 aliphatic heterocycles. The number of aliphatic hydroxyl groups is 2. The van der Waals surface area contributed by atoms with E-state index in [2.05, 4.69) is 10.3 Å². The normalized spacial score (nSPS) is 12.1. The van der Waals surface area contributed by atoms with E-state index in [4.69, 9.17) is 4.42 Å². The molecule has 0 aliphatic rings. The number of amides is 1. The highest BCUT2D eigenvalue weighted by Crippen LogP contribution is 2.16. The van der Waals surface area contributed by atoms with Gasteiger partial charge in [0.15, 0.2) is 5.76 Å². The Kier molecular flexibility index (Phi) is 6.57. The minimum Gasteiger partial charge on any atom is -0.454 e. The molecule has 0 saturated carbocycles. The molecule has 0 bridgehead atoms. The van der Waals surface area contributed by atoms with Crippen molar-refractivity contribution in [3.05, 3.63) is 71.4 Å². The van der Waals surface area contributed by atoms with Gasteiger partial charge in [0.05, 0.1) is 18.9 Å². The number of rotatable bonds is 9. The summed E-state index contributed by atoms with van der Waals surface area (Å²) >= 11 is 0. The average molecular weight is 384 g/mol. The molecule has 3 rings (SSSR count). The van der Waals surface area contributed by atoms with E-state index in [1.54, 1.807) is 27.9 Å². The topological polar surface area (TPSA) is 105 Å². The van der Waals surface area contributed by atoms with Crippen LogP contribution in [0, 0.1) is 0 Å². The Bertz CT molecular complexity index is 891. The summed E-state index contributed by atoms with van der Waals surface area (Å²) in [5.74, 6) is 0.465. The third-order valence-corrected chi connectivity index (χ3v) is 4.35. The molecule has 3 aromatic rings. The first-order valence-electron chi connectivity index (χ1n) is 9.21. The maximum atomic E-state index is 12.8. The van der Waals surface area contributed by atoms with Crippen molar-refractivity contribution in [2.45, 2.75) is 32.5 Å². The van der Waals surface area contributed by atoms with Gasteiger partial charge in [0.25, 0.3) is 5.91 Å². The van der Waals surface area contributed by atoms with Crippen LogP contribution in [-0.4, -0.2) is 49.2 Å². The molecule has 2 heterocycles. The second-order valence-electron chi connectivity index (χ2n) is 6.47. The zero-order valence-corrected chi connectivity index (χ0v) is 15.7. The van der Waals surface area contributed by atoms with Crippen LogP contribution >= 0.6 is 0 Å². The summed E-state index contributed by atoms with van der Waals surface area (Å²) in [5.41, 5.74) is 1.48. The van der Waals surface area contributed by atoms with Crippen molar-refractivity contribution in [3.63, 3.8) is 0 Å². The number of benzene rings is 1. The van der Waals surface area contributed by atoms with Gasteiger partial charge in [-0.25, -0.2) is 4.68 Å². The van der Waals surface area contributed by atoms with Crippen molar-refractivity contribution in [1.29, 1.82) is 0 Å². The third kappa shape index (κ3) is 4.85. The van der Waals surface area contributed by atoms with Gasteiger partial charge in [-0.1, -0.05) is 42.5 Å². The molecular formula is C20H24N4O4. The Morgan fingerprint density at radius 3 is 2.75 bits per heavy atom. The van der Waals surface area contributed by atoms with Crippen molar-refractivity contribution < 1.29 is 19.4 Å². The third-order valence-electron chi connectivity index (χ3n) is 4.35. The molecule has 2 N–H and O–H groups in total. The van der Waals surface area contributed by atoms with Gasteiger partial charge in [0.1, 0.15) is 18.0 Å². The number of carbonyl (C=O) groups is 1. The SMILES string of the molecule is CCC(O)c1cn(Cc2ccc(C(=O)N(CCO)Cc3ccccc3)o2)nn1. The van der Waals surface area contributed by atoms with E-state index in [0.29, 0.717) is 31.0 Å². The van der Waals surface area contributed by atoms with Crippen LogP contribution in [0.25, 0.3) is 0 Å². The highest BCUT2D eigenvalue weighted by molar-refractivity contribution is 5.91. The van der Waals surface area contributed by atoms with Crippen molar-refractivity contribution in [2.24, 2.45) is 0 Å². The molecular weight excluding hydrogens is 360 g/mol. The number of carbonyl (C=O) groups excluding carboxylic acids is 1. The van der Waals surface area contributed by atoms with E-state index in [-0.39, 0.29) is 24.8 Å². The van der Waals surface area contributed by atoms with Crippen molar-refractivity contribution in [2.75, 3.05) is 13.2 Å². The molecule has 28 heavy (non-hydrogen) atoms.